The van der Waals surface area contributed by atoms with Gasteiger partial charge in [-0.15, -0.1) is 0 Å². The summed E-state index contributed by atoms with van der Waals surface area (Å²) in [5.74, 6) is 1.37. The van der Waals surface area contributed by atoms with E-state index in [2.05, 4.69) is 9.97 Å². The Labute approximate surface area is 83.8 Å². The van der Waals surface area contributed by atoms with Gasteiger partial charge in [0.2, 0.25) is 0 Å². The summed E-state index contributed by atoms with van der Waals surface area (Å²) in [6.07, 6.45) is 3.76. The largest absolute Gasteiger partial charge is 0.381 e. The molecule has 0 fully saturated rings. The molecule has 0 saturated carbocycles. The minimum absolute atomic E-state index is 0.493. The molecule has 4 heteroatoms. The van der Waals surface area contributed by atoms with Gasteiger partial charge in [0.05, 0.1) is 0 Å². The highest BCUT2D eigenvalue weighted by molar-refractivity contribution is 5.60. The average molecular weight is 192 g/mol. The van der Waals surface area contributed by atoms with Gasteiger partial charge in [0, 0.05) is 12.4 Å². The van der Waals surface area contributed by atoms with Gasteiger partial charge < -0.3 is 5.73 Å². The number of anilines is 1. The zero-order valence-corrected chi connectivity index (χ0v) is 9.07. The van der Waals surface area contributed by atoms with E-state index in [0.29, 0.717) is 5.82 Å². The molecular formula is C10H16N4. The third kappa shape index (κ3) is 1.69. The van der Waals surface area contributed by atoms with Gasteiger partial charge in [-0.05, 0) is 19.4 Å². The minimum Gasteiger partial charge on any atom is -0.381 e. The molecule has 76 valence electrons. The molecule has 4 nitrogen and oxygen atoms in total. The number of aryl methyl sites for hydroxylation is 2. The maximum absolute atomic E-state index is 5.63. The van der Waals surface area contributed by atoms with Crippen LogP contribution in [0.25, 0.3) is 5.65 Å². The third-order valence-corrected chi connectivity index (χ3v) is 1.81. The number of fused-ring (bicyclic) bond motifs is 1. The number of hydrogen-bond acceptors (Lipinski definition) is 3. The van der Waals surface area contributed by atoms with E-state index < -0.39 is 0 Å². The lowest BCUT2D eigenvalue weighted by atomic mass is 10.4. The molecule has 0 amide bonds. The first-order valence-electron chi connectivity index (χ1n) is 4.75. The fourth-order valence-electron chi connectivity index (χ4n) is 1.24. The van der Waals surface area contributed by atoms with Gasteiger partial charge in [0.1, 0.15) is 5.82 Å². The summed E-state index contributed by atoms with van der Waals surface area (Å²) in [6, 6.07) is 0. The fraction of sp³-hybridized carbons (Fsp3) is 0.400. The van der Waals surface area contributed by atoms with Crippen LogP contribution in [0.2, 0.25) is 0 Å². The molecule has 0 aliphatic heterocycles. The molecular weight excluding hydrogens is 176 g/mol. The fourth-order valence-corrected chi connectivity index (χ4v) is 1.24. The molecule has 0 atom stereocenters. The summed E-state index contributed by atoms with van der Waals surface area (Å²) in [5.41, 5.74) is 7.47. The molecule has 0 aliphatic carbocycles. The predicted octanol–water partition coefficient (Wildman–Crippen LogP) is 1.95. The van der Waals surface area contributed by atoms with Crippen molar-refractivity contribution in [1.29, 1.82) is 0 Å². The standard InChI is InChI=1S/C8H10N4.C2H6/c1-5-3-10-8-7(9)11-6(2)12(8)4-5;1-2/h3-4H,9H2,1-2H3;1-2H3. The van der Waals surface area contributed by atoms with Crippen LogP contribution in [0.3, 0.4) is 0 Å². The maximum Gasteiger partial charge on any atom is 0.181 e. The normalized spacial score (nSPS) is 9.71. The lowest BCUT2D eigenvalue weighted by molar-refractivity contribution is 1.01. The van der Waals surface area contributed by atoms with Crippen molar-refractivity contribution >= 4 is 11.5 Å². The number of nitrogens with two attached hydrogens (primary N) is 1. The van der Waals surface area contributed by atoms with Crippen LogP contribution in [0.4, 0.5) is 5.82 Å². The van der Waals surface area contributed by atoms with Crippen molar-refractivity contribution in [2.75, 3.05) is 5.73 Å². The summed E-state index contributed by atoms with van der Waals surface area (Å²) in [6.45, 7) is 7.90. The van der Waals surface area contributed by atoms with E-state index >= 15 is 0 Å². The summed E-state index contributed by atoms with van der Waals surface area (Å²) in [4.78, 5) is 8.29. The van der Waals surface area contributed by atoms with Crippen LogP contribution in [0.5, 0.6) is 0 Å². The molecule has 0 saturated heterocycles. The first-order valence-corrected chi connectivity index (χ1v) is 4.75. The first-order chi connectivity index (χ1) is 6.68. The molecule has 2 N–H and O–H groups in total. The summed E-state index contributed by atoms with van der Waals surface area (Å²) in [5, 5.41) is 0. The second-order valence-electron chi connectivity index (χ2n) is 2.87. The smallest absolute Gasteiger partial charge is 0.181 e. The topological polar surface area (TPSA) is 56.2 Å². The van der Waals surface area contributed by atoms with Crippen LogP contribution in [-0.4, -0.2) is 14.4 Å². The van der Waals surface area contributed by atoms with Gasteiger partial charge >= 0.3 is 0 Å². The van der Waals surface area contributed by atoms with Crippen molar-refractivity contribution in [2.45, 2.75) is 27.7 Å². The molecule has 0 spiro atoms. The van der Waals surface area contributed by atoms with Crippen molar-refractivity contribution in [2.24, 2.45) is 0 Å². The molecule has 0 radical (unpaired) electrons. The second-order valence-corrected chi connectivity index (χ2v) is 2.87. The van der Waals surface area contributed by atoms with Crippen LogP contribution >= 0.6 is 0 Å². The molecule has 0 bridgehead atoms. The third-order valence-electron chi connectivity index (χ3n) is 1.81. The number of imidazole rings is 1. The van der Waals surface area contributed by atoms with Crippen LogP contribution in [0, 0.1) is 13.8 Å². The van der Waals surface area contributed by atoms with Crippen LogP contribution < -0.4 is 5.73 Å². The molecule has 0 unspecified atom stereocenters. The first kappa shape index (κ1) is 10.5. The Morgan fingerprint density at radius 3 is 2.57 bits per heavy atom. The van der Waals surface area contributed by atoms with Crippen molar-refractivity contribution in [3.63, 3.8) is 0 Å². The van der Waals surface area contributed by atoms with E-state index in [-0.39, 0.29) is 0 Å². The zero-order chi connectivity index (χ0) is 10.7. The minimum atomic E-state index is 0.493. The number of rotatable bonds is 0. The second kappa shape index (κ2) is 4.09. The Bertz CT molecular complexity index is 431. The zero-order valence-electron chi connectivity index (χ0n) is 9.07. The monoisotopic (exact) mass is 192 g/mol. The van der Waals surface area contributed by atoms with Crippen LogP contribution in [-0.2, 0) is 0 Å². The quantitative estimate of drug-likeness (QED) is 0.694. The van der Waals surface area contributed by atoms with E-state index in [1.54, 1.807) is 6.20 Å². The van der Waals surface area contributed by atoms with Gasteiger partial charge in [-0.25, -0.2) is 9.97 Å². The van der Waals surface area contributed by atoms with E-state index in [0.717, 1.165) is 17.0 Å². The summed E-state index contributed by atoms with van der Waals surface area (Å²) < 4.78 is 1.89. The summed E-state index contributed by atoms with van der Waals surface area (Å²) >= 11 is 0. The van der Waals surface area contributed by atoms with Gasteiger partial charge in [-0.1, -0.05) is 13.8 Å². The van der Waals surface area contributed by atoms with Gasteiger partial charge in [0.15, 0.2) is 11.5 Å². The molecule has 2 heterocycles. The van der Waals surface area contributed by atoms with Gasteiger partial charge in [0.25, 0.3) is 0 Å². The highest BCUT2D eigenvalue weighted by Gasteiger charge is 2.04. The Balaban J connectivity index is 0.000000461. The molecule has 2 rings (SSSR count). The predicted molar refractivity (Wildman–Crippen MR) is 58.2 cm³/mol. The molecule has 0 aromatic carbocycles. The Hall–Kier alpha value is -1.58. The van der Waals surface area contributed by atoms with Crippen molar-refractivity contribution in [1.82, 2.24) is 14.4 Å². The van der Waals surface area contributed by atoms with E-state index in [1.165, 1.54) is 0 Å². The molecule has 2 aromatic heterocycles. The maximum atomic E-state index is 5.63. The van der Waals surface area contributed by atoms with Crippen molar-refractivity contribution < 1.29 is 0 Å². The molecule has 14 heavy (non-hydrogen) atoms. The van der Waals surface area contributed by atoms with Crippen molar-refractivity contribution in [3.05, 3.63) is 23.8 Å². The number of nitrogen functional groups attached to an aromatic ring is 1. The lowest BCUT2D eigenvalue weighted by Crippen LogP contribution is -1.92. The summed E-state index contributed by atoms with van der Waals surface area (Å²) in [7, 11) is 0. The van der Waals surface area contributed by atoms with Crippen LogP contribution in [0.1, 0.15) is 25.2 Å². The number of nitrogens with zero attached hydrogens (tertiary/aromatic N) is 3. The van der Waals surface area contributed by atoms with Crippen LogP contribution in [0.15, 0.2) is 12.4 Å². The highest BCUT2D eigenvalue weighted by atomic mass is 15.1. The Morgan fingerprint density at radius 1 is 1.29 bits per heavy atom. The Kier molecular flexibility index (Phi) is 3.06. The van der Waals surface area contributed by atoms with Gasteiger partial charge in [-0.2, -0.15) is 0 Å². The lowest BCUT2D eigenvalue weighted by Gasteiger charge is -1.96. The van der Waals surface area contributed by atoms with E-state index in [9.17, 15) is 0 Å². The number of hydrogen-bond donors (Lipinski definition) is 1. The van der Waals surface area contributed by atoms with E-state index in [1.807, 2.05) is 38.3 Å². The van der Waals surface area contributed by atoms with Gasteiger partial charge in [-0.3, -0.25) is 4.40 Å². The SMILES string of the molecule is CC.Cc1cnc2c(N)nc(C)n2c1. The van der Waals surface area contributed by atoms with E-state index in [4.69, 9.17) is 5.73 Å². The molecule has 0 aliphatic rings. The highest BCUT2D eigenvalue weighted by Crippen LogP contribution is 2.11. The average Bonchev–Trinajstić information content (AvgIpc) is 2.46. The Morgan fingerprint density at radius 2 is 1.93 bits per heavy atom. The molecule has 2 aromatic rings. The van der Waals surface area contributed by atoms with Crippen molar-refractivity contribution in [3.8, 4) is 0 Å². The number of aromatic nitrogens is 3.